The van der Waals surface area contributed by atoms with E-state index in [9.17, 15) is 14.0 Å². The van der Waals surface area contributed by atoms with Crippen LogP contribution in [0.25, 0.3) is 0 Å². The van der Waals surface area contributed by atoms with Crippen molar-refractivity contribution in [2.24, 2.45) is 5.92 Å². The van der Waals surface area contributed by atoms with Crippen molar-refractivity contribution in [1.82, 2.24) is 4.90 Å². The Balaban J connectivity index is 1.72. The first kappa shape index (κ1) is 14.4. The van der Waals surface area contributed by atoms with Crippen LogP contribution in [-0.2, 0) is 9.59 Å². The van der Waals surface area contributed by atoms with E-state index >= 15 is 0 Å². The van der Waals surface area contributed by atoms with Crippen LogP contribution in [0.1, 0.15) is 13.3 Å². The van der Waals surface area contributed by atoms with Gasteiger partial charge in [-0.05, 0) is 31.2 Å². The largest absolute Gasteiger partial charge is 0.330 e. The average Bonchev–Trinajstić information content (AvgIpc) is 3.05. The molecule has 112 valence electrons. The van der Waals surface area contributed by atoms with Crippen molar-refractivity contribution in [1.29, 1.82) is 0 Å². The van der Waals surface area contributed by atoms with Gasteiger partial charge in [-0.1, -0.05) is 0 Å². The molecule has 0 N–H and O–H groups in total. The molecule has 1 aromatic rings. The van der Waals surface area contributed by atoms with Crippen LogP contribution in [-0.4, -0.2) is 40.9 Å². The molecule has 0 bridgehead atoms. The average molecular weight is 308 g/mol. The maximum Gasteiger partial charge on any atom is 0.228 e. The lowest BCUT2D eigenvalue weighted by atomic mass is 10.1. The van der Waals surface area contributed by atoms with E-state index in [0.717, 1.165) is 12.3 Å². The van der Waals surface area contributed by atoms with Crippen LogP contribution in [0.15, 0.2) is 24.3 Å². The molecule has 2 atom stereocenters. The maximum absolute atomic E-state index is 13.0. The minimum absolute atomic E-state index is 0.0606. The Morgan fingerprint density at radius 2 is 2.05 bits per heavy atom. The molecule has 2 fully saturated rings. The predicted octanol–water partition coefficient (Wildman–Crippen LogP) is 2.10. The highest BCUT2D eigenvalue weighted by Crippen LogP contribution is 2.30. The van der Waals surface area contributed by atoms with Gasteiger partial charge in [0, 0.05) is 31.0 Å². The number of thioether (sulfide) groups is 1. The standard InChI is InChI=1S/C15H17FN2O2S/c1-10-17(6-7-21-10)15(20)11-8-14(19)18(9-11)13-4-2-12(16)3-5-13/h2-5,10-11H,6-9H2,1H3. The number of benzene rings is 1. The lowest BCUT2D eigenvalue weighted by Crippen LogP contribution is -2.39. The molecule has 2 amide bonds. The SMILES string of the molecule is CC1SCCN1C(=O)C1CC(=O)N(c2ccc(F)cc2)C1. The summed E-state index contributed by atoms with van der Waals surface area (Å²) in [5.74, 6) is 0.324. The van der Waals surface area contributed by atoms with Gasteiger partial charge >= 0.3 is 0 Å². The van der Waals surface area contributed by atoms with E-state index in [1.165, 1.54) is 12.1 Å². The quantitative estimate of drug-likeness (QED) is 0.840. The molecular weight excluding hydrogens is 291 g/mol. The molecule has 3 rings (SSSR count). The Bertz CT molecular complexity index is 563. The summed E-state index contributed by atoms with van der Waals surface area (Å²) in [4.78, 5) is 28.1. The molecule has 2 aliphatic rings. The Morgan fingerprint density at radius 3 is 2.67 bits per heavy atom. The number of carbonyl (C=O) groups is 2. The first-order valence-electron chi connectivity index (χ1n) is 7.04. The second-order valence-electron chi connectivity index (χ2n) is 5.38. The number of hydrogen-bond acceptors (Lipinski definition) is 3. The van der Waals surface area contributed by atoms with E-state index in [4.69, 9.17) is 0 Å². The van der Waals surface area contributed by atoms with Gasteiger partial charge in [-0.25, -0.2) is 4.39 Å². The van der Waals surface area contributed by atoms with Crippen LogP contribution in [0, 0.1) is 11.7 Å². The summed E-state index contributed by atoms with van der Waals surface area (Å²) >= 11 is 1.76. The van der Waals surface area contributed by atoms with Gasteiger partial charge in [0.2, 0.25) is 11.8 Å². The highest BCUT2D eigenvalue weighted by atomic mass is 32.2. The molecule has 0 radical (unpaired) electrons. The van der Waals surface area contributed by atoms with Crippen LogP contribution >= 0.6 is 11.8 Å². The lowest BCUT2D eigenvalue weighted by molar-refractivity contribution is -0.135. The van der Waals surface area contributed by atoms with Crippen molar-refractivity contribution >= 4 is 29.3 Å². The normalized spacial score (nSPS) is 25.7. The lowest BCUT2D eigenvalue weighted by Gasteiger charge is -2.24. The number of carbonyl (C=O) groups excluding carboxylic acids is 2. The van der Waals surface area contributed by atoms with E-state index in [-0.39, 0.29) is 35.3 Å². The topological polar surface area (TPSA) is 40.6 Å². The molecule has 2 aliphatic heterocycles. The fourth-order valence-electron chi connectivity index (χ4n) is 2.86. The molecule has 0 aliphatic carbocycles. The fourth-order valence-corrected chi connectivity index (χ4v) is 3.89. The minimum atomic E-state index is -0.332. The Morgan fingerprint density at radius 1 is 1.33 bits per heavy atom. The summed E-state index contributed by atoms with van der Waals surface area (Å²) in [6.45, 7) is 3.16. The summed E-state index contributed by atoms with van der Waals surface area (Å²) in [6, 6.07) is 5.82. The first-order chi connectivity index (χ1) is 10.1. The molecule has 1 aromatic carbocycles. The molecule has 0 saturated carbocycles. The number of amides is 2. The van der Waals surface area contributed by atoms with Crippen LogP contribution in [0.3, 0.4) is 0 Å². The number of rotatable bonds is 2. The van der Waals surface area contributed by atoms with E-state index in [1.807, 2.05) is 11.8 Å². The van der Waals surface area contributed by atoms with Gasteiger partial charge in [0.25, 0.3) is 0 Å². The number of nitrogens with zero attached hydrogens (tertiary/aromatic N) is 2. The number of anilines is 1. The highest BCUT2D eigenvalue weighted by molar-refractivity contribution is 8.00. The van der Waals surface area contributed by atoms with Crippen molar-refractivity contribution in [2.45, 2.75) is 18.7 Å². The van der Waals surface area contributed by atoms with Gasteiger partial charge in [-0.2, -0.15) is 0 Å². The zero-order chi connectivity index (χ0) is 15.0. The number of hydrogen-bond donors (Lipinski definition) is 0. The van der Waals surface area contributed by atoms with Crippen LogP contribution in [0.4, 0.5) is 10.1 Å². The molecule has 2 heterocycles. The van der Waals surface area contributed by atoms with E-state index in [2.05, 4.69) is 0 Å². The van der Waals surface area contributed by atoms with E-state index in [1.54, 1.807) is 28.8 Å². The highest BCUT2D eigenvalue weighted by Gasteiger charge is 2.39. The third-order valence-corrected chi connectivity index (χ3v) is 5.18. The molecular formula is C15H17FN2O2S. The zero-order valence-corrected chi connectivity index (χ0v) is 12.6. The summed E-state index contributed by atoms with van der Waals surface area (Å²) in [5, 5.41) is 0.187. The van der Waals surface area contributed by atoms with Crippen molar-refractivity contribution < 1.29 is 14.0 Å². The van der Waals surface area contributed by atoms with Crippen molar-refractivity contribution in [3.05, 3.63) is 30.1 Å². The van der Waals surface area contributed by atoms with Gasteiger partial charge in [0.1, 0.15) is 5.82 Å². The van der Waals surface area contributed by atoms with Crippen LogP contribution in [0.2, 0.25) is 0 Å². The molecule has 2 unspecified atom stereocenters. The zero-order valence-electron chi connectivity index (χ0n) is 11.8. The summed E-state index contributed by atoms with van der Waals surface area (Å²) in [5.41, 5.74) is 0.653. The second-order valence-corrected chi connectivity index (χ2v) is 6.81. The fraction of sp³-hybridized carbons (Fsp3) is 0.467. The van der Waals surface area contributed by atoms with Crippen LogP contribution in [0.5, 0.6) is 0 Å². The summed E-state index contributed by atoms with van der Waals surface area (Å²) < 4.78 is 13.0. The van der Waals surface area contributed by atoms with Crippen molar-refractivity contribution in [2.75, 3.05) is 23.7 Å². The second kappa shape index (κ2) is 5.67. The molecule has 21 heavy (non-hydrogen) atoms. The molecule has 4 nitrogen and oxygen atoms in total. The summed E-state index contributed by atoms with van der Waals surface area (Å²) in [7, 11) is 0. The minimum Gasteiger partial charge on any atom is -0.330 e. The summed E-state index contributed by atoms with van der Waals surface area (Å²) in [6.07, 6.45) is 0.240. The van der Waals surface area contributed by atoms with E-state index in [0.29, 0.717) is 12.2 Å². The number of halogens is 1. The first-order valence-corrected chi connectivity index (χ1v) is 8.09. The maximum atomic E-state index is 13.0. The van der Waals surface area contributed by atoms with Gasteiger partial charge in [0.05, 0.1) is 11.3 Å². The van der Waals surface area contributed by atoms with Gasteiger partial charge in [-0.3, -0.25) is 9.59 Å². The third-order valence-electron chi connectivity index (χ3n) is 4.03. The van der Waals surface area contributed by atoms with Crippen molar-refractivity contribution in [3.63, 3.8) is 0 Å². The Kier molecular flexibility index (Phi) is 3.89. The molecule has 0 spiro atoms. The van der Waals surface area contributed by atoms with Crippen LogP contribution < -0.4 is 4.90 Å². The Hall–Kier alpha value is -1.56. The third kappa shape index (κ3) is 2.77. The van der Waals surface area contributed by atoms with Gasteiger partial charge in [-0.15, -0.1) is 11.8 Å². The molecule has 2 saturated heterocycles. The van der Waals surface area contributed by atoms with Gasteiger partial charge < -0.3 is 9.80 Å². The predicted molar refractivity (Wildman–Crippen MR) is 80.5 cm³/mol. The monoisotopic (exact) mass is 308 g/mol. The smallest absolute Gasteiger partial charge is 0.228 e. The molecule has 0 aromatic heterocycles. The Labute approximate surface area is 127 Å². The van der Waals surface area contributed by atoms with Crippen molar-refractivity contribution in [3.8, 4) is 0 Å². The molecule has 6 heteroatoms. The van der Waals surface area contributed by atoms with Gasteiger partial charge in [0.15, 0.2) is 0 Å². The van der Waals surface area contributed by atoms with E-state index < -0.39 is 0 Å².